The van der Waals surface area contributed by atoms with Crippen LogP contribution in [0.4, 0.5) is 0 Å². The molecule has 3 nitrogen and oxygen atoms in total. The van der Waals surface area contributed by atoms with E-state index in [1.165, 1.54) is 0 Å². The zero-order valence-corrected chi connectivity index (χ0v) is 8.03. The van der Waals surface area contributed by atoms with Gasteiger partial charge in [-0.25, -0.2) is 0 Å². The van der Waals surface area contributed by atoms with Gasteiger partial charge in [0.05, 0.1) is 6.61 Å². The van der Waals surface area contributed by atoms with Crippen LogP contribution in [-0.4, -0.2) is 23.3 Å². The van der Waals surface area contributed by atoms with Crippen molar-refractivity contribution in [1.82, 2.24) is 4.98 Å². The molecule has 3 heteroatoms. The molecule has 1 heterocycles. The fourth-order valence-corrected chi connectivity index (χ4v) is 1.17. The van der Waals surface area contributed by atoms with Crippen LogP contribution in [0.1, 0.15) is 24.3 Å². The average Bonchev–Trinajstić information content (AvgIpc) is 2.15. The lowest BCUT2D eigenvalue weighted by atomic mass is 10.1. The SMILES string of the molecule is CCOCC(O)c1cccnc1C. The molecular weight excluding hydrogens is 166 g/mol. The largest absolute Gasteiger partial charge is 0.386 e. The van der Waals surface area contributed by atoms with Crippen LogP contribution in [0.15, 0.2) is 18.3 Å². The maximum atomic E-state index is 9.67. The maximum Gasteiger partial charge on any atom is 0.104 e. The summed E-state index contributed by atoms with van der Waals surface area (Å²) in [5.74, 6) is 0. The Morgan fingerprint density at radius 2 is 2.38 bits per heavy atom. The number of aliphatic hydroxyl groups is 1. The van der Waals surface area contributed by atoms with Crippen molar-refractivity contribution >= 4 is 0 Å². The smallest absolute Gasteiger partial charge is 0.104 e. The molecule has 0 aliphatic heterocycles. The number of hydrogen-bond acceptors (Lipinski definition) is 3. The number of nitrogens with zero attached hydrogens (tertiary/aromatic N) is 1. The van der Waals surface area contributed by atoms with E-state index in [0.717, 1.165) is 11.3 Å². The second-order valence-corrected chi connectivity index (χ2v) is 2.85. The van der Waals surface area contributed by atoms with Crippen LogP contribution in [0.2, 0.25) is 0 Å². The highest BCUT2D eigenvalue weighted by molar-refractivity contribution is 5.20. The van der Waals surface area contributed by atoms with Gasteiger partial charge in [-0.05, 0) is 19.9 Å². The van der Waals surface area contributed by atoms with E-state index in [9.17, 15) is 5.11 Å². The van der Waals surface area contributed by atoms with Crippen molar-refractivity contribution in [2.24, 2.45) is 0 Å². The standard InChI is InChI=1S/C10H15NO2/c1-3-13-7-10(12)9-5-4-6-11-8(9)2/h4-6,10,12H,3,7H2,1-2H3. The fraction of sp³-hybridized carbons (Fsp3) is 0.500. The van der Waals surface area contributed by atoms with Gasteiger partial charge in [0.25, 0.3) is 0 Å². The van der Waals surface area contributed by atoms with Crippen molar-refractivity contribution < 1.29 is 9.84 Å². The summed E-state index contributed by atoms with van der Waals surface area (Å²) in [6.45, 7) is 4.74. The highest BCUT2D eigenvalue weighted by Gasteiger charge is 2.09. The molecule has 13 heavy (non-hydrogen) atoms. The molecule has 1 aromatic heterocycles. The summed E-state index contributed by atoms with van der Waals surface area (Å²) >= 11 is 0. The molecule has 1 atom stereocenters. The molecule has 72 valence electrons. The van der Waals surface area contributed by atoms with E-state index >= 15 is 0 Å². The minimum absolute atomic E-state index is 0.336. The Morgan fingerprint density at radius 3 is 3.00 bits per heavy atom. The molecule has 1 N–H and O–H groups in total. The quantitative estimate of drug-likeness (QED) is 0.764. The second kappa shape index (κ2) is 4.94. The van der Waals surface area contributed by atoms with Gasteiger partial charge in [0.1, 0.15) is 6.10 Å². The Bertz CT molecular complexity index is 263. The number of hydrogen-bond donors (Lipinski definition) is 1. The molecule has 0 saturated carbocycles. The first kappa shape index (κ1) is 10.2. The van der Waals surface area contributed by atoms with Crippen LogP contribution in [0.5, 0.6) is 0 Å². The minimum Gasteiger partial charge on any atom is -0.386 e. The number of aryl methyl sites for hydroxylation is 1. The highest BCUT2D eigenvalue weighted by Crippen LogP contribution is 2.15. The molecule has 0 bridgehead atoms. The van der Waals surface area contributed by atoms with E-state index < -0.39 is 6.10 Å². The number of aromatic nitrogens is 1. The zero-order chi connectivity index (χ0) is 9.68. The predicted molar refractivity (Wildman–Crippen MR) is 50.4 cm³/mol. The van der Waals surface area contributed by atoms with Crippen molar-refractivity contribution in [3.05, 3.63) is 29.6 Å². The van der Waals surface area contributed by atoms with Gasteiger partial charge in [-0.1, -0.05) is 6.07 Å². The second-order valence-electron chi connectivity index (χ2n) is 2.85. The van der Waals surface area contributed by atoms with Gasteiger partial charge in [0.2, 0.25) is 0 Å². The molecular formula is C10H15NO2. The summed E-state index contributed by atoms with van der Waals surface area (Å²) in [5.41, 5.74) is 1.70. The molecule has 0 amide bonds. The van der Waals surface area contributed by atoms with Gasteiger partial charge in [0, 0.05) is 24.1 Å². The van der Waals surface area contributed by atoms with Crippen molar-refractivity contribution in [3.8, 4) is 0 Å². The normalized spacial score (nSPS) is 12.8. The van der Waals surface area contributed by atoms with Crippen molar-refractivity contribution in [2.45, 2.75) is 20.0 Å². The number of aliphatic hydroxyl groups excluding tert-OH is 1. The molecule has 0 radical (unpaired) electrons. The number of ether oxygens (including phenoxy) is 1. The summed E-state index contributed by atoms with van der Waals surface area (Å²) in [6.07, 6.45) is 1.15. The predicted octanol–water partition coefficient (Wildman–Crippen LogP) is 1.46. The van der Waals surface area contributed by atoms with Crippen molar-refractivity contribution in [2.75, 3.05) is 13.2 Å². The van der Waals surface area contributed by atoms with Gasteiger partial charge in [0.15, 0.2) is 0 Å². The van der Waals surface area contributed by atoms with Crippen LogP contribution < -0.4 is 0 Å². The third-order valence-electron chi connectivity index (χ3n) is 1.89. The maximum absolute atomic E-state index is 9.67. The Hall–Kier alpha value is -0.930. The first-order valence-electron chi connectivity index (χ1n) is 4.43. The van der Waals surface area contributed by atoms with Crippen LogP contribution in [-0.2, 0) is 4.74 Å². The fourth-order valence-electron chi connectivity index (χ4n) is 1.17. The molecule has 1 rings (SSSR count). The first-order valence-corrected chi connectivity index (χ1v) is 4.43. The van der Waals surface area contributed by atoms with E-state index in [2.05, 4.69) is 4.98 Å². The lowest BCUT2D eigenvalue weighted by Crippen LogP contribution is -2.09. The Morgan fingerprint density at radius 1 is 1.62 bits per heavy atom. The average molecular weight is 181 g/mol. The molecule has 0 saturated heterocycles. The minimum atomic E-state index is -0.561. The number of rotatable bonds is 4. The first-order chi connectivity index (χ1) is 6.25. The van der Waals surface area contributed by atoms with Gasteiger partial charge in [-0.3, -0.25) is 4.98 Å². The molecule has 0 aliphatic carbocycles. The molecule has 1 unspecified atom stereocenters. The monoisotopic (exact) mass is 181 g/mol. The van der Waals surface area contributed by atoms with Crippen LogP contribution in [0.25, 0.3) is 0 Å². The topological polar surface area (TPSA) is 42.4 Å². The Labute approximate surface area is 78.4 Å². The molecule has 0 spiro atoms. The van der Waals surface area contributed by atoms with Crippen LogP contribution in [0.3, 0.4) is 0 Å². The lowest BCUT2D eigenvalue weighted by molar-refractivity contribution is 0.0415. The van der Waals surface area contributed by atoms with E-state index in [-0.39, 0.29) is 0 Å². The van der Waals surface area contributed by atoms with Gasteiger partial charge in [-0.2, -0.15) is 0 Å². The van der Waals surface area contributed by atoms with Gasteiger partial charge in [-0.15, -0.1) is 0 Å². The summed E-state index contributed by atoms with van der Waals surface area (Å²) < 4.78 is 5.13. The van der Waals surface area contributed by atoms with E-state index in [0.29, 0.717) is 13.2 Å². The molecule has 1 aromatic rings. The third-order valence-corrected chi connectivity index (χ3v) is 1.89. The lowest BCUT2D eigenvalue weighted by Gasteiger charge is -2.12. The molecule has 0 aliphatic rings. The van der Waals surface area contributed by atoms with Crippen molar-refractivity contribution in [1.29, 1.82) is 0 Å². The Balaban J connectivity index is 2.65. The number of pyridine rings is 1. The molecule has 0 aromatic carbocycles. The summed E-state index contributed by atoms with van der Waals surface area (Å²) in [5, 5.41) is 9.67. The van der Waals surface area contributed by atoms with E-state index in [1.807, 2.05) is 26.0 Å². The molecule has 0 fully saturated rings. The third kappa shape index (κ3) is 2.79. The van der Waals surface area contributed by atoms with E-state index in [1.54, 1.807) is 6.20 Å². The van der Waals surface area contributed by atoms with E-state index in [4.69, 9.17) is 4.74 Å². The van der Waals surface area contributed by atoms with Crippen molar-refractivity contribution in [3.63, 3.8) is 0 Å². The van der Waals surface area contributed by atoms with Crippen LogP contribution >= 0.6 is 0 Å². The van der Waals surface area contributed by atoms with Gasteiger partial charge < -0.3 is 9.84 Å². The summed E-state index contributed by atoms with van der Waals surface area (Å²) in [6, 6.07) is 3.68. The summed E-state index contributed by atoms with van der Waals surface area (Å²) in [4.78, 5) is 4.09. The highest BCUT2D eigenvalue weighted by atomic mass is 16.5. The van der Waals surface area contributed by atoms with Gasteiger partial charge >= 0.3 is 0 Å². The summed E-state index contributed by atoms with van der Waals surface area (Å²) in [7, 11) is 0. The Kier molecular flexibility index (Phi) is 3.86. The zero-order valence-electron chi connectivity index (χ0n) is 8.03. The van der Waals surface area contributed by atoms with Crippen LogP contribution in [0, 0.1) is 6.92 Å².